The number of thiazole rings is 1. The first kappa shape index (κ1) is 14.7. The molecule has 0 aliphatic carbocycles. The quantitative estimate of drug-likeness (QED) is 0.920. The minimum absolute atomic E-state index is 0.0272. The zero-order valence-corrected chi connectivity index (χ0v) is 13.6. The molecule has 1 fully saturated rings. The van der Waals surface area contributed by atoms with Gasteiger partial charge in [-0.3, -0.25) is 4.79 Å². The summed E-state index contributed by atoms with van der Waals surface area (Å²) in [5.74, 6) is 0.0272. The van der Waals surface area contributed by atoms with Gasteiger partial charge in [-0.05, 0) is 38.3 Å². The highest BCUT2D eigenvalue weighted by Crippen LogP contribution is 2.29. The van der Waals surface area contributed by atoms with E-state index in [1.165, 1.54) is 9.75 Å². The molecule has 1 amide bonds. The topological polar surface area (TPSA) is 51.2 Å². The van der Waals surface area contributed by atoms with Gasteiger partial charge in [-0.15, -0.1) is 22.7 Å². The molecule has 0 unspecified atom stereocenters. The zero-order chi connectivity index (χ0) is 14.7. The number of hydrogen-bond donors (Lipinski definition) is 1. The number of thiophene rings is 1. The Kier molecular flexibility index (Phi) is 4.67. The van der Waals surface area contributed by atoms with Crippen LogP contribution >= 0.6 is 22.7 Å². The van der Waals surface area contributed by atoms with Gasteiger partial charge in [0.25, 0.3) is 0 Å². The van der Waals surface area contributed by atoms with Gasteiger partial charge < -0.3 is 10.1 Å². The Balaban J connectivity index is 1.49. The van der Waals surface area contributed by atoms with Gasteiger partial charge in [0.15, 0.2) is 0 Å². The molecule has 1 aliphatic rings. The number of ether oxygens (including phenoxy) is 1. The third kappa shape index (κ3) is 3.70. The van der Waals surface area contributed by atoms with Crippen LogP contribution < -0.4 is 5.32 Å². The number of carbonyl (C=O) groups is 1. The van der Waals surface area contributed by atoms with E-state index < -0.39 is 0 Å². The molecule has 21 heavy (non-hydrogen) atoms. The van der Waals surface area contributed by atoms with E-state index in [0.29, 0.717) is 13.2 Å². The maximum absolute atomic E-state index is 11.8. The second kappa shape index (κ2) is 6.68. The molecule has 2 aromatic rings. The van der Waals surface area contributed by atoms with Crippen molar-refractivity contribution in [1.82, 2.24) is 10.3 Å². The number of carbonyl (C=O) groups excluding carboxylic acids is 1. The first-order chi connectivity index (χ1) is 10.2. The maximum atomic E-state index is 11.8. The highest BCUT2D eigenvalue weighted by Gasteiger charge is 2.22. The molecule has 6 heteroatoms. The zero-order valence-electron chi connectivity index (χ0n) is 11.9. The van der Waals surface area contributed by atoms with Gasteiger partial charge in [0.05, 0.1) is 15.6 Å². The van der Waals surface area contributed by atoms with Crippen LogP contribution in [0.5, 0.6) is 0 Å². The fraction of sp³-hybridized carbons (Fsp3) is 0.467. The van der Waals surface area contributed by atoms with Crippen LogP contribution in [0.1, 0.15) is 22.7 Å². The lowest BCUT2D eigenvalue weighted by atomic mass is 10.2. The molecule has 1 atom stereocenters. The van der Waals surface area contributed by atoms with Crippen LogP contribution in [0.25, 0.3) is 10.6 Å². The van der Waals surface area contributed by atoms with Gasteiger partial charge >= 0.3 is 0 Å². The van der Waals surface area contributed by atoms with E-state index in [9.17, 15) is 4.79 Å². The second-order valence-corrected chi connectivity index (χ2v) is 7.29. The van der Waals surface area contributed by atoms with Crippen molar-refractivity contribution in [3.8, 4) is 10.6 Å². The summed E-state index contributed by atoms with van der Waals surface area (Å²) in [7, 11) is 0. The van der Waals surface area contributed by atoms with Crippen molar-refractivity contribution in [2.75, 3.05) is 13.2 Å². The van der Waals surface area contributed by atoms with E-state index in [1.807, 2.05) is 6.92 Å². The predicted octanol–water partition coefficient (Wildman–Crippen LogP) is 3.02. The van der Waals surface area contributed by atoms with Crippen molar-refractivity contribution in [3.05, 3.63) is 27.4 Å². The monoisotopic (exact) mass is 322 g/mol. The molecule has 1 saturated heterocycles. The van der Waals surface area contributed by atoms with Crippen LogP contribution in [0.15, 0.2) is 17.5 Å². The van der Waals surface area contributed by atoms with Gasteiger partial charge in [0.2, 0.25) is 5.91 Å². The largest absolute Gasteiger partial charge is 0.368 e. The average Bonchev–Trinajstić information content (AvgIpc) is 3.19. The molecular weight excluding hydrogens is 304 g/mol. The molecule has 0 bridgehead atoms. The first-order valence-electron chi connectivity index (χ1n) is 7.13. The summed E-state index contributed by atoms with van der Waals surface area (Å²) in [5, 5.41) is 6.13. The molecular formula is C15H18N2O2S2. The molecule has 1 N–H and O–H groups in total. The molecule has 2 aromatic heterocycles. The summed E-state index contributed by atoms with van der Waals surface area (Å²) in [6.07, 6.45) is 2.45. The SMILES string of the molecule is Cc1nc(-c2ccc(CCNC(=O)[C@@H]3CCCO3)s2)cs1. The van der Waals surface area contributed by atoms with Crippen molar-refractivity contribution in [2.24, 2.45) is 0 Å². The van der Waals surface area contributed by atoms with Gasteiger partial charge in [0, 0.05) is 23.4 Å². The maximum Gasteiger partial charge on any atom is 0.249 e. The van der Waals surface area contributed by atoms with E-state index in [1.54, 1.807) is 22.7 Å². The lowest BCUT2D eigenvalue weighted by Gasteiger charge is -2.09. The fourth-order valence-electron chi connectivity index (χ4n) is 2.33. The van der Waals surface area contributed by atoms with Crippen molar-refractivity contribution >= 4 is 28.6 Å². The average molecular weight is 322 g/mol. The Bertz CT molecular complexity index is 615. The van der Waals surface area contributed by atoms with Crippen LogP contribution in [0.3, 0.4) is 0 Å². The Labute approximate surface area is 132 Å². The van der Waals surface area contributed by atoms with Crippen molar-refractivity contribution in [1.29, 1.82) is 0 Å². The molecule has 3 heterocycles. The molecule has 112 valence electrons. The highest BCUT2D eigenvalue weighted by atomic mass is 32.1. The number of aryl methyl sites for hydroxylation is 1. The van der Waals surface area contributed by atoms with Crippen molar-refractivity contribution in [2.45, 2.75) is 32.3 Å². The number of aromatic nitrogens is 1. The molecule has 3 rings (SSSR count). The van der Waals surface area contributed by atoms with Gasteiger partial charge in [-0.2, -0.15) is 0 Å². The Morgan fingerprint density at radius 3 is 3.14 bits per heavy atom. The van der Waals surface area contributed by atoms with Crippen LogP contribution in [-0.4, -0.2) is 30.1 Å². The minimum atomic E-state index is -0.234. The standard InChI is InChI=1S/C15H18N2O2S2/c1-10-17-12(9-20-10)14-5-4-11(21-14)6-7-16-15(18)13-3-2-8-19-13/h4-5,9,13H,2-3,6-8H2,1H3,(H,16,18)/t13-/m0/s1. The number of nitrogens with one attached hydrogen (secondary N) is 1. The molecule has 0 spiro atoms. The summed E-state index contributed by atoms with van der Waals surface area (Å²) in [6, 6.07) is 4.23. The predicted molar refractivity (Wildman–Crippen MR) is 85.9 cm³/mol. The minimum Gasteiger partial charge on any atom is -0.368 e. The van der Waals surface area contributed by atoms with Crippen LogP contribution in [0, 0.1) is 6.92 Å². The third-order valence-electron chi connectivity index (χ3n) is 3.43. The van der Waals surface area contributed by atoms with Gasteiger partial charge in [0.1, 0.15) is 6.10 Å². The van der Waals surface area contributed by atoms with Gasteiger partial charge in [-0.25, -0.2) is 4.98 Å². The fourth-order valence-corrected chi connectivity index (χ4v) is 3.99. The van der Waals surface area contributed by atoms with Crippen LogP contribution in [-0.2, 0) is 16.0 Å². The number of hydrogen-bond acceptors (Lipinski definition) is 5. The second-order valence-electron chi connectivity index (χ2n) is 5.06. The molecule has 0 saturated carbocycles. The summed E-state index contributed by atoms with van der Waals surface area (Å²) in [6.45, 7) is 3.39. The Morgan fingerprint density at radius 2 is 2.43 bits per heavy atom. The van der Waals surface area contributed by atoms with Crippen molar-refractivity contribution in [3.63, 3.8) is 0 Å². The van der Waals surface area contributed by atoms with Crippen LogP contribution in [0.4, 0.5) is 0 Å². The summed E-state index contributed by atoms with van der Waals surface area (Å²) in [5.41, 5.74) is 1.05. The molecule has 1 aliphatic heterocycles. The van der Waals surface area contributed by atoms with E-state index >= 15 is 0 Å². The summed E-state index contributed by atoms with van der Waals surface area (Å²) in [4.78, 5) is 18.8. The number of rotatable bonds is 5. The Hall–Kier alpha value is -1.24. The van der Waals surface area contributed by atoms with E-state index in [-0.39, 0.29) is 12.0 Å². The first-order valence-corrected chi connectivity index (χ1v) is 8.82. The lowest BCUT2D eigenvalue weighted by molar-refractivity contribution is -0.129. The van der Waals surface area contributed by atoms with Crippen LogP contribution in [0.2, 0.25) is 0 Å². The Morgan fingerprint density at radius 1 is 1.52 bits per heavy atom. The smallest absolute Gasteiger partial charge is 0.249 e. The summed E-state index contributed by atoms with van der Waals surface area (Å²) >= 11 is 3.41. The highest BCUT2D eigenvalue weighted by molar-refractivity contribution is 7.16. The number of nitrogens with zero attached hydrogens (tertiary/aromatic N) is 1. The van der Waals surface area contributed by atoms with E-state index in [4.69, 9.17) is 4.74 Å². The normalized spacial score (nSPS) is 18.0. The lowest BCUT2D eigenvalue weighted by Crippen LogP contribution is -2.35. The van der Waals surface area contributed by atoms with E-state index in [0.717, 1.165) is 30.0 Å². The van der Waals surface area contributed by atoms with E-state index in [2.05, 4.69) is 27.8 Å². The molecule has 0 radical (unpaired) electrons. The molecule has 4 nitrogen and oxygen atoms in total. The third-order valence-corrected chi connectivity index (χ3v) is 5.37. The summed E-state index contributed by atoms with van der Waals surface area (Å²) < 4.78 is 5.37. The molecule has 0 aromatic carbocycles. The number of amides is 1. The van der Waals surface area contributed by atoms with Gasteiger partial charge in [-0.1, -0.05) is 0 Å². The van der Waals surface area contributed by atoms with Crippen molar-refractivity contribution < 1.29 is 9.53 Å².